The molecule has 2 heterocycles. The third kappa shape index (κ3) is 3.61. The average Bonchev–Trinajstić information content (AvgIpc) is 3.06. The second kappa shape index (κ2) is 6.93. The lowest BCUT2D eigenvalue weighted by atomic mass is 10.1. The van der Waals surface area contributed by atoms with Gasteiger partial charge in [0.25, 0.3) is 11.1 Å². The molecule has 0 aliphatic carbocycles. The van der Waals surface area contributed by atoms with Gasteiger partial charge in [-0.3, -0.25) is 19.3 Å². The van der Waals surface area contributed by atoms with Gasteiger partial charge in [0, 0.05) is 20.3 Å². The van der Waals surface area contributed by atoms with Gasteiger partial charge in [0.2, 0.25) is 0 Å². The molecular formula is C17H12ClNO3S2. The first-order valence-electron chi connectivity index (χ1n) is 7.04. The third-order valence-electron chi connectivity index (χ3n) is 3.38. The second-order valence-electron chi connectivity index (χ2n) is 5.15. The Morgan fingerprint density at radius 1 is 1.17 bits per heavy atom. The molecule has 1 aromatic heterocycles. The smallest absolute Gasteiger partial charge is 0.292 e. The largest absolute Gasteiger partial charge is 0.293 e. The van der Waals surface area contributed by atoms with Gasteiger partial charge < -0.3 is 0 Å². The molecule has 0 unspecified atom stereocenters. The first-order valence-corrected chi connectivity index (χ1v) is 9.06. The van der Waals surface area contributed by atoms with Crippen molar-refractivity contribution in [2.75, 3.05) is 6.54 Å². The number of halogens is 1. The number of benzene rings is 1. The van der Waals surface area contributed by atoms with E-state index in [1.807, 2.05) is 19.1 Å². The zero-order valence-electron chi connectivity index (χ0n) is 12.6. The molecule has 1 fully saturated rings. The van der Waals surface area contributed by atoms with Crippen LogP contribution in [0.25, 0.3) is 6.08 Å². The Hall–Kier alpha value is -1.89. The minimum atomic E-state index is -0.432. The Morgan fingerprint density at radius 2 is 1.88 bits per heavy atom. The molecule has 0 bridgehead atoms. The lowest BCUT2D eigenvalue weighted by Crippen LogP contribution is -2.33. The molecule has 1 aliphatic heterocycles. The molecule has 0 saturated carbocycles. The number of Topliss-reactive ketones (excluding diaryl/α,β-unsaturated/α-hetero) is 1. The Labute approximate surface area is 152 Å². The fourth-order valence-electron chi connectivity index (χ4n) is 2.17. The predicted molar refractivity (Wildman–Crippen MR) is 97.5 cm³/mol. The van der Waals surface area contributed by atoms with Crippen LogP contribution in [-0.4, -0.2) is 28.4 Å². The van der Waals surface area contributed by atoms with E-state index in [4.69, 9.17) is 11.6 Å². The summed E-state index contributed by atoms with van der Waals surface area (Å²) in [6.07, 6.45) is 1.69. The van der Waals surface area contributed by atoms with Crippen LogP contribution < -0.4 is 0 Å². The summed E-state index contributed by atoms with van der Waals surface area (Å²) in [7, 11) is 0. The van der Waals surface area contributed by atoms with E-state index in [0.717, 1.165) is 26.4 Å². The maximum absolute atomic E-state index is 12.4. The standard InChI is InChI=1S/C17H12ClNO3S2/c1-10-2-7-13(23-10)8-15-16(21)19(17(22)24-15)9-14(20)11-3-5-12(18)6-4-11/h2-8H,9H2,1H3/b15-8+. The summed E-state index contributed by atoms with van der Waals surface area (Å²) in [5, 5.41) is 0.0914. The highest BCUT2D eigenvalue weighted by molar-refractivity contribution is 8.18. The minimum absolute atomic E-state index is 0.271. The highest BCUT2D eigenvalue weighted by Gasteiger charge is 2.36. The zero-order valence-corrected chi connectivity index (χ0v) is 15.0. The number of thioether (sulfide) groups is 1. The molecule has 1 saturated heterocycles. The summed E-state index contributed by atoms with van der Waals surface area (Å²) in [5.41, 5.74) is 0.413. The van der Waals surface area contributed by atoms with E-state index in [2.05, 4.69) is 0 Å². The van der Waals surface area contributed by atoms with E-state index >= 15 is 0 Å². The lowest BCUT2D eigenvalue weighted by Gasteiger charge is -2.11. The molecule has 2 amide bonds. The quantitative estimate of drug-likeness (QED) is 0.575. The SMILES string of the molecule is Cc1ccc(/C=C2/SC(=O)N(CC(=O)c3ccc(Cl)cc3)C2=O)s1. The molecule has 4 nitrogen and oxygen atoms in total. The van der Waals surface area contributed by atoms with Gasteiger partial charge in [-0.15, -0.1) is 11.3 Å². The second-order valence-corrected chi connectivity index (χ2v) is 7.90. The molecule has 0 spiro atoms. The van der Waals surface area contributed by atoms with Gasteiger partial charge in [0.15, 0.2) is 5.78 Å². The van der Waals surface area contributed by atoms with Crippen LogP contribution in [0.1, 0.15) is 20.1 Å². The normalized spacial score (nSPS) is 16.2. The summed E-state index contributed by atoms with van der Waals surface area (Å²) in [6.45, 7) is 1.70. The van der Waals surface area contributed by atoms with Crippen LogP contribution in [0.3, 0.4) is 0 Å². The first-order chi connectivity index (χ1) is 11.4. The number of nitrogens with zero attached hydrogens (tertiary/aromatic N) is 1. The number of hydrogen-bond donors (Lipinski definition) is 0. The van der Waals surface area contributed by atoms with E-state index in [-0.39, 0.29) is 12.3 Å². The number of rotatable bonds is 4. The number of thiophene rings is 1. The number of carbonyl (C=O) groups is 3. The van der Waals surface area contributed by atoms with Gasteiger partial charge >= 0.3 is 0 Å². The minimum Gasteiger partial charge on any atom is -0.292 e. The van der Waals surface area contributed by atoms with Crippen molar-refractivity contribution in [1.29, 1.82) is 0 Å². The van der Waals surface area contributed by atoms with Crippen LogP contribution in [-0.2, 0) is 4.79 Å². The Morgan fingerprint density at radius 3 is 2.50 bits per heavy atom. The van der Waals surface area contributed by atoms with Crippen molar-refractivity contribution in [3.8, 4) is 0 Å². The molecule has 7 heteroatoms. The summed E-state index contributed by atoms with van der Waals surface area (Å²) in [6, 6.07) is 10.2. The molecular weight excluding hydrogens is 366 g/mol. The predicted octanol–water partition coefficient (Wildman–Crippen LogP) is 4.63. The summed E-state index contributed by atoms with van der Waals surface area (Å²) in [5.74, 6) is -0.736. The number of imide groups is 1. The average molecular weight is 378 g/mol. The summed E-state index contributed by atoms with van der Waals surface area (Å²) >= 11 is 8.19. The maximum atomic E-state index is 12.4. The van der Waals surface area contributed by atoms with Gasteiger partial charge in [-0.25, -0.2) is 0 Å². The van der Waals surface area contributed by atoms with Crippen molar-refractivity contribution in [2.45, 2.75) is 6.92 Å². The topological polar surface area (TPSA) is 54.5 Å². The molecule has 0 atom stereocenters. The fourth-order valence-corrected chi connectivity index (χ4v) is 4.02. The van der Waals surface area contributed by atoms with Crippen molar-refractivity contribution in [3.05, 3.63) is 61.6 Å². The number of aryl methyl sites for hydroxylation is 1. The van der Waals surface area contributed by atoms with Gasteiger partial charge in [-0.2, -0.15) is 0 Å². The van der Waals surface area contributed by atoms with Crippen LogP contribution in [0.15, 0.2) is 41.3 Å². The first kappa shape index (κ1) is 17.0. The Bertz CT molecular complexity index is 855. The Balaban J connectivity index is 1.76. The molecule has 0 N–H and O–H groups in total. The molecule has 0 radical (unpaired) electrons. The molecule has 3 rings (SSSR count). The van der Waals surface area contributed by atoms with Crippen LogP contribution in [0.4, 0.5) is 4.79 Å². The molecule has 24 heavy (non-hydrogen) atoms. The summed E-state index contributed by atoms with van der Waals surface area (Å²) < 4.78 is 0. The summed E-state index contributed by atoms with van der Waals surface area (Å²) in [4.78, 5) is 40.1. The highest BCUT2D eigenvalue weighted by Crippen LogP contribution is 2.33. The van der Waals surface area contributed by atoms with Gasteiger partial charge in [0.05, 0.1) is 11.4 Å². The molecule has 1 aliphatic rings. The Kier molecular flexibility index (Phi) is 4.89. The molecule has 1 aromatic carbocycles. The van der Waals surface area contributed by atoms with E-state index in [1.54, 1.807) is 30.3 Å². The van der Waals surface area contributed by atoms with Crippen molar-refractivity contribution in [3.63, 3.8) is 0 Å². The molecule has 122 valence electrons. The van der Waals surface area contributed by atoms with Crippen LogP contribution in [0.5, 0.6) is 0 Å². The number of ketones is 1. The van der Waals surface area contributed by atoms with E-state index in [1.165, 1.54) is 11.3 Å². The van der Waals surface area contributed by atoms with Gasteiger partial charge in [-0.1, -0.05) is 11.6 Å². The van der Waals surface area contributed by atoms with Crippen molar-refractivity contribution in [1.82, 2.24) is 4.90 Å². The number of carbonyl (C=O) groups excluding carboxylic acids is 3. The van der Waals surface area contributed by atoms with E-state index < -0.39 is 11.1 Å². The highest BCUT2D eigenvalue weighted by atomic mass is 35.5. The van der Waals surface area contributed by atoms with Crippen molar-refractivity contribution >= 4 is 57.7 Å². The number of amides is 2. The van der Waals surface area contributed by atoms with Gasteiger partial charge in [0.1, 0.15) is 0 Å². The van der Waals surface area contributed by atoms with E-state index in [0.29, 0.717) is 15.5 Å². The van der Waals surface area contributed by atoms with Crippen LogP contribution >= 0.6 is 34.7 Å². The maximum Gasteiger partial charge on any atom is 0.293 e. The van der Waals surface area contributed by atoms with Crippen molar-refractivity contribution in [2.24, 2.45) is 0 Å². The number of hydrogen-bond acceptors (Lipinski definition) is 5. The van der Waals surface area contributed by atoms with Crippen LogP contribution in [0, 0.1) is 6.92 Å². The van der Waals surface area contributed by atoms with Gasteiger partial charge in [-0.05, 0) is 61.2 Å². The lowest BCUT2D eigenvalue weighted by molar-refractivity contribution is -0.122. The molecule has 2 aromatic rings. The third-order valence-corrected chi connectivity index (χ3v) is 5.48. The zero-order chi connectivity index (χ0) is 17.3. The van der Waals surface area contributed by atoms with Crippen LogP contribution in [0.2, 0.25) is 5.02 Å². The fraction of sp³-hybridized carbons (Fsp3) is 0.118. The van der Waals surface area contributed by atoms with E-state index in [9.17, 15) is 14.4 Å². The van der Waals surface area contributed by atoms with Crippen molar-refractivity contribution < 1.29 is 14.4 Å². The monoisotopic (exact) mass is 377 g/mol.